The van der Waals surface area contributed by atoms with Crippen LogP contribution in [0.3, 0.4) is 0 Å². The van der Waals surface area contributed by atoms with Crippen LogP contribution in [0.4, 0.5) is 10.1 Å². The summed E-state index contributed by atoms with van der Waals surface area (Å²) in [5.74, 6) is -0.797. The molecule has 1 amide bonds. The summed E-state index contributed by atoms with van der Waals surface area (Å²) in [7, 11) is 1.75. The summed E-state index contributed by atoms with van der Waals surface area (Å²) < 4.78 is 13.4. The zero-order valence-electron chi connectivity index (χ0n) is 13.7. The van der Waals surface area contributed by atoms with Crippen molar-refractivity contribution in [1.29, 1.82) is 0 Å². The number of fused-ring (bicyclic) bond motifs is 1. The molecule has 0 aliphatic heterocycles. The second-order valence-corrected chi connectivity index (χ2v) is 7.59. The molecule has 0 radical (unpaired) electrons. The number of nitrogens with one attached hydrogen (secondary N) is 1. The first kappa shape index (κ1) is 16.7. The zero-order chi connectivity index (χ0) is 18.3. The van der Waals surface area contributed by atoms with E-state index < -0.39 is 5.91 Å². The highest BCUT2D eigenvalue weighted by atomic mass is 32.1. The van der Waals surface area contributed by atoms with Crippen LogP contribution in [0, 0.1) is 5.82 Å². The maximum Gasteiger partial charge on any atom is 0.261 e. The van der Waals surface area contributed by atoms with Crippen molar-refractivity contribution in [2.75, 3.05) is 12.4 Å². The van der Waals surface area contributed by atoms with E-state index in [9.17, 15) is 9.18 Å². The minimum absolute atomic E-state index is 0.297. The molecule has 0 aliphatic rings. The second-order valence-electron chi connectivity index (χ2n) is 5.64. The van der Waals surface area contributed by atoms with E-state index in [1.807, 2.05) is 23.6 Å². The highest BCUT2D eigenvalue weighted by Crippen LogP contribution is 2.42. The maximum atomic E-state index is 13.4. The van der Waals surface area contributed by atoms with Crippen molar-refractivity contribution in [2.45, 2.75) is 0 Å². The molecule has 4 aromatic rings. The summed E-state index contributed by atoms with van der Waals surface area (Å²) in [6.45, 7) is 0. The molecule has 0 fully saturated rings. The Morgan fingerprint density at radius 3 is 2.62 bits per heavy atom. The number of thiophene rings is 2. The fourth-order valence-corrected chi connectivity index (χ4v) is 4.66. The molecular formula is C19H14FN3OS2. The van der Waals surface area contributed by atoms with Gasteiger partial charge in [-0.3, -0.25) is 4.79 Å². The quantitative estimate of drug-likeness (QED) is 0.523. The van der Waals surface area contributed by atoms with Crippen molar-refractivity contribution in [2.24, 2.45) is 5.73 Å². The molecule has 0 unspecified atom stereocenters. The van der Waals surface area contributed by atoms with Crippen molar-refractivity contribution in [3.05, 3.63) is 58.5 Å². The van der Waals surface area contributed by atoms with Crippen LogP contribution in [0.2, 0.25) is 0 Å². The van der Waals surface area contributed by atoms with E-state index in [4.69, 9.17) is 10.7 Å². The van der Waals surface area contributed by atoms with Crippen LogP contribution in [0.25, 0.3) is 31.9 Å². The first-order valence-electron chi connectivity index (χ1n) is 7.83. The number of halogens is 1. The summed E-state index contributed by atoms with van der Waals surface area (Å²) in [6.07, 6.45) is 0. The van der Waals surface area contributed by atoms with Gasteiger partial charge in [0.2, 0.25) is 0 Å². The minimum Gasteiger partial charge on any atom is -0.386 e. The van der Waals surface area contributed by atoms with Crippen LogP contribution in [0.5, 0.6) is 0 Å². The molecule has 3 aromatic heterocycles. The Balaban J connectivity index is 2.08. The summed E-state index contributed by atoms with van der Waals surface area (Å²) in [5, 5.41) is 5.88. The first-order chi connectivity index (χ1) is 12.6. The smallest absolute Gasteiger partial charge is 0.261 e. The van der Waals surface area contributed by atoms with Gasteiger partial charge in [0.25, 0.3) is 5.91 Å². The van der Waals surface area contributed by atoms with E-state index in [1.165, 1.54) is 23.5 Å². The molecule has 0 saturated heterocycles. The van der Waals surface area contributed by atoms with Gasteiger partial charge in [-0.2, -0.15) is 0 Å². The molecule has 3 N–H and O–H groups in total. The van der Waals surface area contributed by atoms with E-state index in [2.05, 4.69) is 5.32 Å². The van der Waals surface area contributed by atoms with Gasteiger partial charge >= 0.3 is 0 Å². The molecule has 1 aromatic carbocycles. The molecule has 3 heterocycles. The van der Waals surface area contributed by atoms with Gasteiger partial charge < -0.3 is 11.1 Å². The molecule has 4 rings (SSSR count). The molecule has 0 bridgehead atoms. The maximum absolute atomic E-state index is 13.4. The van der Waals surface area contributed by atoms with Crippen LogP contribution >= 0.6 is 22.7 Å². The number of hydrogen-bond donors (Lipinski definition) is 2. The van der Waals surface area contributed by atoms with Crippen molar-refractivity contribution in [3.63, 3.8) is 0 Å². The average molecular weight is 383 g/mol. The van der Waals surface area contributed by atoms with Crippen LogP contribution in [-0.2, 0) is 0 Å². The number of carbonyl (C=O) groups is 1. The normalized spacial score (nSPS) is 11.0. The molecule has 0 saturated carbocycles. The largest absolute Gasteiger partial charge is 0.386 e. The van der Waals surface area contributed by atoms with Gasteiger partial charge in [-0.15, -0.1) is 22.7 Å². The summed E-state index contributed by atoms with van der Waals surface area (Å²) in [4.78, 5) is 18.8. The zero-order valence-corrected chi connectivity index (χ0v) is 15.4. The van der Waals surface area contributed by atoms with Crippen molar-refractivity contribution in [3.8, 4) is 21.7 Å². The number of carbonyl (C=O) groups excluding carboxylic acids is 1. The number of hydrogen-bond acceptors (Lipinski definition) is 5. The third-order valence-electron chi connectivity index (χ3n) is 4.06. The molecule has 26 heavy (non-hydrogen) atoms. The van der Waals surface area contributed by atoms with Crippen LogP contribution < -0.4 is 11.1 Å². The monoisotopic (exact) mass is 383 g/mol. The van der Waals surface area contributed by atoms with Gasteiger partial charge in [0.05, 0.1) is 16.3 Å². The first-order valence-corrected chi connectivity index (χ1v) is 9.53. The molecule has 4 nitrogen and oxygen atoms in total. The summed E-state index contributed by atoms with van der Waals surface area (Å²) in [6, 6.07) is 12.2. The van der Waals surface area contributed by atoms with E-state index in [0.717, 1.165) is 27.1 Å². The summed E-state index contributed by atoms with van der Waals surface area (Å²) >= 11 is 2.85. The van der Waals surface area contributed by atoms with Crippen molar-refractivity contribution >= 4 is 44.5 Å². The van der Waals surface area contributed by atoms with Crippen LogP contribution in [0.15, 0.2) is 47.8 Å². The Bertz CT molecular complexity index is 1100. The summed E-state index contributed by atoms with van der Waals surface area (Å²) in [5.41, 5.74) is 8.75. The third-order valence-corrected chi connectivity index (χ3v) is 6.06. The Morgan fingerprint density at radius 1 is 1.23 bits per heavy atom. The Morgan fingerprint density at radius 2 is 2.00 bits per heavy atom. The lowest BCUT2D eigenvalue weighted by Crippen LogP contribution is -2.10. The van der Waals surface area contributed by atoms with Gasteiger partial charge in [0.1, 0.15) is 15.5 Å². The number of amides is 1. The van der Waals surface area contributed by atoms with E-state index >= 15 is 0 Å². The standard InChI is InChI=1S/C19H14FN3OS2/c1-22-16-15-12(10-4-6-11(20)7-5-10)9-13(14-3-2-8-25-14)23-19(15)26-17(16)18(21)24/h2-9,22H,1H3,(H2,21,24). The number of nitrogens with zero attached hydrogens (tertiary/aromatic N) is 1. The predicted octanol–water partition coefficient (Wildman–Crippen LogP) is 4.97. The Kier molecular flexibility index (Phi) is 4.18. The lowest BCUT2D eigenvalue weighted by molar-refractivity contribution is 0.100. The van der Waals surface area contributed by atoms with Gasteiger partial charge in [-0.25, -0.2) is 9.37 Å². The number of aromatic nitrogens is 1. The average Bonchev–Trinajstić information content (AvgIpc) is 3.29. The lowest BCUT2D eigenvalue weighted by Gasteiger charge is -2.09. The second kappa shape index (κ2) is 6.51. The molecule has 0 atom stereocenters. The van der Waals surface area contributed by atoms with Gasteiger partial charge in [-0.1, -0.05) is 18.2 Å². The molecular weight excluding hydrogens is 369 g/mol. The molecule has 7 heteroatoms. The fourth-order valence-electron chi connectivity index (χ4n) is 2.92. The van der Waals surface area contributed by atoms with Crippen molar-refractivity contribution in [1.82, 2.24) is 4.98 Å². The number of rotatable bonds is 4. The Hall–Kier alpha value is -2.77. The van der Waals surface area contributed by atoms with E-state index in [1.54, 1.807) is 30.5 Å². The van der Waals surface area contributed by atoms with Gasteiger partial charge in [0, 0.05) is 12.4 Å². The van der Waals surface area contributed by atoms with Crippen molar-refractivity contribution < 1.29 is 9.18 Å². The topological polar surface area (TPSA) is 68.0 Å². The number of nitrogens with two attached hydrogens (primary N) is 1. The highest BCUT2D eigenvalue weighted by molar-refractivity contribution is 7.21. The lowest BCUT2D eigenvalue weighted by atomic mass is 10.0. The Labute approximate surface area is 157 Å². The molecule has 0 aliphatic carbocycles. The molecule has 130 valence electrons. The van der Waals surface area contributed by atoms with E-state index in [0.29, 0.717) is 15.4 Å². The highest BCUT2D eigenvalue weighted by Gasteiger charge is 2.21. The number of primary amides is 1. The minimum atomic E-state index is -0.500. The van der Waals surface area contributed by atoms with E-state index in [-0.39, 0.29) is 5.82 Å². The van der Waals surface area contributed by atoms with Crippen LogP contribution in [0.1, 0.15) is 9.67 Å². The van der Waals surface area contributed by atoms with Gasteiger partial charge in [-0.05, 0) is 40.8 Å². The predicted molar refractivity (Wildman–Crippen MR) is 106 cm³/mol. The third kappa shape index (κ3) is 2.75. The van der Waals surface area contributed by atoms with Gasteiger partial charge in [0.15, 0.2) is 0 Å². The molecule has 0 spiro atoms. The number of pyridine rings is 1. The fraction of sp³-hybridized carbons (Fsp3) is 0.0526. The number of anilines is 1. The van der Waals surface area contributed by atoms with Crippen LogP contribution in [-0.4, -0.2) is 17.9 Å². The SMILES string of the molecule is CNc1c(C(N)=O)sc2nc(-c3cccs3)cc(-c3ccc(F)cc3)c12. The number of benzene rings is 1.